The highest BCUT2D eigenvalue weighted by molar-refractivity contribution is 5.94. The zero-order valence-electron chi connectivity index (χ0n) is 14.4. The Morgan fingerprint density at radius 1 is 1.15 bits per heavy atom. The topological polar surface area (TPSA) is 90.4 Å². The van der Waals surface area contributed by atoms with Crippen molar-refractivity contribution in [2.75, 3.05) is 6.54 Å². The Bertz CT molecular complexity index is 870. The number of aromatic nitrogens is 1. The zero-order chi connectivity index (χ0) is 18.4. The van der Waals surface area contributed by atoms with Gasteiger partial charge in [-0.15, -0.1) is 12.4 Å². The van der Waals surface area contributed by atoms with Crippen LogP contribution in [0, 0.1) is 5.82 Å². The summed E-state index contributed by atoms with van der Waals surface area (Å²) in [7, 11) is 0. The third-order valence-corrected chi connectivity index (χ3v) is 3.71. The third kappa shape index (κ3) is 5.54. The van der Waals surface area contributed by atoms with Crippen LogP contribution < -0.4 is 15.8 Å². The summed E-state index contributed by atoms with van der Waals surface area (Å²) < 4.78 is 24.4. The van der Waals surface area contributed by atoms with E-state index in [2.05, 4.69) is 15.0 Å². The Morgan fingerprint density at radius 2 is 1.89 bits per heavy atom. The molecule has 0 bridgehead atoms. The Hall–Kier alpha value is -2.90. The minimum absolute atomic E-state index is 0. The van der Waals surface area contributed by atoms with Crippen LogP contribution in [0.1, 0.15) is 21.5 Å². The summed E-state index contributed by atoms with van der Waals surface area (Å²) >= 11 is 0. The van der Waals surface area contributed by atoms with Crippen molar-refractivity contribution < 1.29 is 18.4 Å². The molecule has 0 unspecified atom stereocenters. The van der Waals surface area contributed by atoms with Crippen molar-refractivity contribution in [3.8, 4) is 11.5 Å². The highest BCUT2D eigenvalue weighted by Crippen LogP contribution is 2.24. The van der Waals surface area contributed by atoms with Crippen LogP contribution in [0.5, 0.6) is 11.5 Å². The van der Waals surface area contributed by atoms with E-state index in [0.29, 0.717) is 23.6 Å². The number of hydrogen-bond donors (Lipinski definition) is 2. The molecule has 3 aromatic rings. The number of nitrogens with one attached hydrogen (secondary N) is 1. The number of ether oxygens (including phenoxy) is 1. The number of nitrogens with zero attached hydrogens (tertiary/aromatic N) is 1. The molecule has 27 heavy (non-hydrogen) atoms. The quantitative estimate of drug-likeness (QED) is 0.643. The van der Waals surface area contributed by atoms with E-state index in [0.717, 1.165) is 12.0 Å². The first-order valence-corrected chi connectivity index (χ1v) is 8.08. The average Bonchev–Trinajstić information content (AvgIpc) is 3.17. The molecular weight excluding hydrogens is 373 g/mol. The van der Waals surface area contributed by atoms with Gasteiger partial charge in [-0.25, -0.2) is 4.39 Å². The molecule has 142 valence electrons. The Morgan fingerprint density at radius 3 is 2.56 bits per heavy atom. The van der Waals surface area contributed by atoms with Gasteiger partial charge in [-0.1, -0.05) is 17.3 Å². The summed E-state index contributed by atoms with van der Waals surface area (Å²) in [5.41, 5.74) is 7.21. The highest BCUT2D eigenvalue weighted by atomic mass is 35.5. The van der Waals surface area contributed by atoms with E-state index < -0.39 is 11.7 Å². The second-order valence-corrected chi connectivity index (χ2v) is 5.64. The standard InChI is InChI=1S/C19H18FN3O3.ClH/c20-18-6-5-16(26-15-3-1-13(2-4-15)7-8-21)9-17(18)19(24)22-10-14-11-23-25-12-14;/h1-6,9,11-12H,7-8,10,21H2,(H,22,24);1H. The van der Waals surface area contributed by atoms with Gasteiger partial charge in [-0.2, -0.15) is 0 Å². The van der Waals surface area contributed by atoms with Crippen LogP contribution in [0.3, 0.4) is 0 Å². The number of nitrogens with two attached hydrogens (primary N) is 1. The van der Waals surface area contributed by atoms with Crippen LogP contribution in [0.2, 0.25) is 0 Å². The van der Waals surface area contributed by atoms with E-state index in [1.165, 1.54) is 30.7 Å². The van der Waals surface area contributed by atoms with Gasteiger partial charge in [0.25, 0.3) is 5.91 Å². The zero-order valence-corrected chi connectivity index (χ0v) is 15.2. The van der Waals surface area contributed by atoms with Crippen LogP contribution in [-0.4, -0.2) is 17.6 Å². The monoisotopic (exact) mass is 391 g/mol. The fraction of sp³-hybridized carbons (Fsp3) is 0.158. The van der Waals surface area contributed by atoms with E-state index in [-0.39, 0.29) is 24.5 Å². The Labute approximate surface area is 161 Å². The van der Waals surface area contributed by atoms with E-state index in [9.17, 15) is 9.18 Å². The molecule has 0 atom stereocenters. The predicted molar refractivity (Wildman–Crippen MR) is 101 cm³/mol. The average molecular weight is 392 g/mol. The van der Waals surface area contributed by atoms with Crippen LogP contribution in [0.15, 0.2) is 59.4 Å². The minimum atomic E-state index is -0.626. The van der Waals surface area contributed by atoms with Crippen LogP contribution >= 0.6 is 12.4 Å². The molecule has 0 spiro atoms. The fourth-order valence-electron chi connectivity index (χ4n) is 2.36. The molecule has 8 heteroatoms. The van der Waals surface area contributed by atoms with Gasteiger partial charge in [0.15, 0.2) is 0 Å². The molecule has 3 rings (SSSR count). The molecule has 0 saturated carbocycles. The number of carbonyl (C=O) groups excluding carboxylic acids is 1. The Kier molecular flexibility index (Phi) is 7.34. The molecule has 3 N–H and O–H groups in total. The number of hydrogen-bond acceptors (Lipinski definition) is 5. The van der Waals surface area contributed by atoms with Crippen molar-refractivity contribution in [1.82, 2.24) is 10.5 Å². The lowest BCUT2D eigenvalue weighted by molar-refractivity contribution is 0.0946. The molecule has 0 fully saturated rings. The fourth-order valence-corrected chi connectivity index (χ4v) is 2.36. The van der Waals surface area contributed by atoms with Crippen molar-refractivity contribution in [3.05, 3.63) is 77.4 Å². The lowest BCUT2D eigenvalue weighted by Crippen LogP contribution is -2.23. The molecule has 6 nitrogen and oxygen atoms in total. The maximum Gasteiger partial charge on any atom is 0.254 e. The van der Waals surface area contributed by atoms with Gasteiger partial charge < -0.3 is 20.3 Å². The molecule has 1 amide bonds. The van der Waals surface area contributed by atoms with Gasteiger partial charge in [-0.3, -0.25) is 4.79 Å². The van der Waals surface area contributed by atoms with Crippen LogP contribution in [0.4, 0.5) is 4.39 Å². The van der Waals surface area contributed by atoms with Crippen molar-refractivity contribution in [3.63, 3.8) is 0 Å². The molecule has 1 heterocycles. The maximum atomic E-state index is 14.0. The first-order valence-electron chi connectivity index (χ1n) is 8.08. The predicted octanol–water partition coefficient (Wildman–Crippen LogP) is 3.46. The van der Waals surface area contributed by atoms with Gasteiger partial charge >= 0.3 is 0 Å². The van der Waals surface area contributed by atoms with Crippen molar-refractivity contribution >= 4 is 18.3 Å². The van der Waals surface area contributed by atoms with Gasteiger partial charge in [-0.05, 0) is 48.9 Å². The van der Waals surface area contributed by atoms with E-state index in [4.69, 9.17) is 10.5 Å². The van der Waals surface area contributed by atoms with Crippen LogP contribution in [0.25, 0.3) is 0 Å². The number of halogens is 2. The number of benzene rings is 2. The minimum Gasteiger partial charge on any atom is -0.457 e. The third-order valence-electron chi connectivity index (χ3n) is 3.71. The number of amides is 1. The van der Waals surface area contributed by atoms with E-state index in [1.54, 1.807) is 12.1 Å². The highest BCUT2D eigenvalue weighted by Gasteiger charge is 2.13. The number of rotatable bonds is 7. The second-order valence-electron chi connectivity index (χ2n) is 5.64. The summed E-state index contributed by atoms with van der Waals surface area (Å²) in [6.45, 7) is 0.765. The molecule has 0 aliphatic carbocycles. The van der Waals surface area contributed by atoms with Crippen LogP contribution in [-0.2, 0) is 13.0 Å². The summed E-state index contributed by atoms with van der Waals surface area (Å²) in [6.07, 6.45) is 3.67. The first kappa shape index (κ1) is 20.4. The first-order chi connectivity index (χ1) is 12.7. The summed E-state index contributed by atoms with van der Waals surface area (Å²) in [4.78, 5) is 12.2. The van der Waals surface area contributed by atoms with Crippen molar-refractivity contribution in [1.29, 1.82) is 0 Å². The van der Waals surface area contributed by atoms with Gasteiger partial charge in [0.05, 0.1) is 11.8 Å². The summed E-state index contributed by atoms with van der Waals surface area (Å²) in [6, 6.07) is 11.5. The van der Waals surface area contributed by atoms with Gasteiger partial charge in [0.2, 0.25) is 0 Å². The summed E-state index contributed by atoms with van der Waals surface area (Å²) in [5.74, 6) is -0.216. The second kappa shape index (κ2) is 9.70. The van der Waals surface area contributed by atoms with E-state index in [1.807, 2.05) is 12.1 Å². The van der Waals surface area contributed by atoms with E-state index >= 15 is 0 Å². The number of carbonyl (C=O) groups is 1. The molecule has 1 aromatic heterocycles. The molecule has 2 aromatic carbocycles. The maximum absolute atomic E-state index is 14.0. The van der Waals surface area contributed by atoms with Crippen molar-refractivity contribution in [2.45, 2.75) is 13.0 Å². The Balaban J connectivity index is 0.00000261. The summed E-state index contributed by atoms with van der Waals surface area (Å²) in [5, 5.41) is 6.15. The molecule has 0 aliphatic heterocycles. The SMILES string of the molecule is Cl.NCCc1ccc(Oc2ccc(F)c(C(=O)NCc3cnoc3)c2)cc1. The van der Waals surface area contributed by atoms with Gasteiger partial charge in [0, 0.05) is 12.1 Å². The van der Waals surface area contributed by atoms with Crippen molar-refractivity contribution in [2.24, 2.45) is 5.73 Å². The smallest absolute Gasteiger partial charge is 0.254 e. The molecule has 0 radical (unpaired) electrons. The normalized spacial score (nSPS) is 10.1. The largest absolute Gasteiger partial charge is 0.457 e. The molecular formula is C19H19ClFN3O3. The lowest BCUT2D eigenvalue weighted by Gasteiger charge is -2.09. The lowest BCUT2D eigenvalue weighted by atomic mass is 10.1. The molecule has 0 saturated heterocycles. The molecule has 0 aliphatic rings. The van der Waals surface area contributed by atoms with Gasteiger partial charge in [0.1, 0.15) is 23.6 Å².